The maximum absolute atomic E-state index is 11.8. The highest BCUT2D eigenvalue weighted by Gasteiger charge is 2.29. The normalized spacial score (nSPS) is 15.5. The van der Waals surface area contributed by atoms with Crippen LogP contribution >= 0.6 is 24.0 Å². The molecule has 0 radical (unpaired) electrons. The van der Waals surface area contributed by atoms with E-state index in [1.54, 1.807) is 17.8 Å². The summed E-state index contributed by atoms with van der Waals surface area (Å²) in [7, 11) is -4.31. The van der Waals surface area contributed by atoms with Crippen molar-refractivity contribution in [3.63, 3.8) is 0 Å². The summed E-state index contributed by atoms with van der Waals surface area (Å²) in [5, 5.41) is 3.83. The molecule has 2 rings (SSSR count). The Labute approximate surface area is 236 Å². The van der Waals surface area contributed by atoms with Gasteiger partial charge in [0, 0.05) is 10.6 Å². The molecule has 0 saturated heterocycles. The maximum atomic E-state index is 11.8. The Bertz CT molecular complexity index is 990. The van der Waals surface area contributed by atoms with Crippen molar-refractivity contribution in [1.29, 1.82) is 0 Å². The number of hydrogen-bond acceptors (Lipinski definition) is 4. The zero-order chi connectivity index (χ0) is 27.3. The third-order valence-electron chi connectivity index (χ3n) is 6.78. The molecule has 1 aromatic rings. The van der Waals surface area contributed by atoms with Crippen LogP contribution in [0.3, 0.4) is 0 Å². The van der Waals surface area contributed by atoms with Gasteiger partial charge in [-0.3, -0.25) is 9.45 Å². The predicted octanol–water partition coefficient (Wildman–Crippen LogP) is 8.88. The third kappa shape index (κ3) is 11.7. The second-order valence-corrected chi connectivity index (χ2v) is 13.8. The second-order valence-electron chi connectivity index (χ2n) is 10.8. The first-order valence-corrected chi connectivity index (χ1v) is 16.9. The number of hydrogen-bond donors (Lipinski definition) is 2. The second kappa shape index (κ2) is 16.1. The zero-order valence-corrected chi connectivity index (χ0v) is 25.8. The van der Waals surface area contributed by atoms with Gasteiger partial charge in [-0.25, -0.2) is 0 Å². The molecule has 1 heterocycles. The number of unbranched alkanes of at least 4 members (excludes halogenated alkanes) is 13. The van der Waals surface area contributed by atoms with Gasteiger partial charge in [0.05, 0.1) is 16.1 Å². The van der Waals surface area contributed by atoms with Gasteiger partial charge in [0.15, 0.2) is 5.11 Å². The van der Waals surface area contributed by atoms with Gasteiger partial charge in [-0.05, 0) is 69.4 Å². The third-order valence-corrected chi connectivity index (χ3v) is 9.06. The quantitative estimate of drug-likeness (QED) is 0.0793. The summed E-state index contributed by atoms with van der Waals surface area (Å²) in [5.41, 5.74) is 1.34. The van der Waals surface area contributed by atoms with E-state index in [2.05, 4.69) is 18.3 Å². The standard InChI is InChI=1S/C29H48N2O3S3/c1-5-6-7-8-9-10-11-12-13-14-15-16-17-18-21-36-27-20-19-25(37(32,33)34)22-26(27)31-24(2)23-29(3,4)30-28(31)35/h19-20,22-23H,5-18,21H2,1-4H3,(H,30,35)(H,32,33,34). The highest BCUT2D eigenvalue weighted by molar-refractivity contribution is 7.99. The van der Waals surface area contributed by atoms with Gasteiger partial charge < -0.3 is 5.32 Å². The minimum atomic E-state index is -4.31. The monoisotopic (exact) mass is 568 g/mol. The fraction of sp³-hybridized carbons (Fsp3) is 0.690. The molecule has 8 heteroatoms. The van der Waals surface area contributed by atoms with Gasteiger partial charge in [0.25, 0.3) is 10.1 Å². The lowest BCUT2D eigenvalue weighted by atomic mass is 10.0. The van der Waals surface area contributed by atoms with E-state index in [4.69, 9.17) is 12.2 Å². The first kappa shape index (κ1) is 32.1. The lowest BCUT2D eigenvalue weighted by Gasteiger charge is -2.39. The van der Waals surface area contributed by atoms with Crippen molar-refractivity contribution in [2.45, 2.75) is 133 Å². The van der Waals surface area contributed by atoms with Gasteiger partial charge in [-0.2, -0.15) is 8.42 Å². The van der Waals surface area contributed by atoms with Crippen LogP contribution in [0.1, 0.15) is 118 Å². The van der Waals surface area contributed by atoms with Crippen LogP contribution in [0.4, 0.5) is 5.69 Å². The average Bonchev–Trinajstić information content (AvgIpc) is 2.80. The zero-order valence-electron chi connectivity index (χ0n) is 23.4. The number of nitrogens with zero attached hydrogens (tertiary/aromatic N) is 1. The van der Waals surface area contributed by atoms with E-state index in [0.717, 1.165) is 22.8 Å². The summed E-state index contributed by atoms with van der Waals surface area (Å²) in [5.74, 6) is 0.957. The summed E-state index contributed by atoms with van der Waals surface area (Å²) in [6, 6.07) is 4.77. The number of nitrogens with one attached hydrogen (secondary N) is 1. The van der Waals surface area contributed by atoms with E-state index >= 15 is 0 Å². The lowest BCUT2D eigenvalue weighted by molar-refractivity contribution is 0.483. The highest BCUT2D eigenvalue weighted by Crippen LogP contribution is 2.37. The molecule has 0 fully saturated rings. The Balaban J connectivity index is 1.78. The Morgan fingerprint density at radius 3 is 1.92 bits per heavy atom. The molecule has 5 nitrogen and oxygen atoms in total. The molecular formula is C29H48N2O3S3. The number of benzene rings is 1. The molecule has 37 heavy (non-hydrogen) atoms. The van der Waals surface area contributed by atoms with Crippen molar-refractivity contribution >= 4 is 44.9 Å². The summed E-state index contributed by atoms with van der Waals surface area (Å²) < 4.78 is 33.3. The summed E-state index contributed by atoms with van der Waals surface area (Å²) in [4.78, 5) is 2.70. The highest BCUT2D eigenvalue weighted by atomic mass is 32.2. The van der Waals surface area contributed by atoms with E-state index in [9.17, 15) is 13.0 Å². The first-order chi connectivity index (χ1) is 17.5. The summed E-state index contributed by atoms with van der Waals surface area (Å²) >= 11 is 7.35. The van der Waals surface area contributed by atoms with Crippen molar-refractivity contribution in [2.75, 3.05) is 10.7 Å². The molecule has 1 aliphatic heterocycles. The van der Waals surface area contributed by atoms with Gasteiger partial charge >= 0.3 is 0 Å². The number of thiocarbonyl (C=S) groups is 1. The molecule has 0 spiro atoms. The number of rotatable bonds is 18. The van der Waals surface area contributed by atoms with Crippen LogP contribution in [0.25, 0.3) is 0 Å². The number of thioether (sulfide) groups is 1. The van der Waals surface area contributed by atoms with Crippen molar-refractivity contribution in [3.05, 3.63) is 30.0 Å². The van der Waals surface area contributed by atoms with Gasteiger partial charge in [0.2, 0.25) is 0 Å². The van der Waals surface area contributed by atoms with Crippen molar-refractivity contribution < 1.29 is 13.0 Å². The van der Waals surface area contributed by atoms with E-state index < -0.39 is 10.1 Å². The molecule has 0 atom stereocenters. The Hall–Kier alpha value is -1.09. The summed E-state index contributed by atoms with van der Waals surface area (Å²) in [6.45, 7) is 8.32. The van der Waals surface area contributed by atoms with Crippen molar-refractivity contribution in [2.24, 2.45) is 0 Å². The first-order valence-electron chi connectivity index (χ1n) is 14.1. The smallest absolute Gasteiger partial charge is 0.294 e. The molecule has 0 aromatic heterocycles. The van der Waals surface area contributed by atoms with Crippen LogP contribution in [-0.4, -0.2) is 29.4 Å². The molecule has 0 bridgehead atoms. The van der Waals surface area contributed by atoms with Crippen molar-refractivity contribution in [1.82, 2.24) is 5.32 Å². The Morgan fingerprint density at radius 1 is 0.919 bits per heavy atom. The lowest BCUT2D eigenvalue weighted by Crippen LogP contribution is -2.53. The van der Waals surface area contributed by atoms with E-state index in [1.165, 1.54) is 95.6 Å². The molecule has 210 valence electrons. The van der Waals surface area contributed by atoms with E-state index in [0.29, 0.717) is 10.8 Å². The van der Waals surface area contributed by atoms with Crippen LogP contribution in [-0.2, 0) is 10.1 Å². The number of anilines is 1. The van der Waals surface area contributed by atoms with Crippen molar-refractivity contribution in [3.8, 4) is 0 Å². The summed E-state index contributed by atoms with van der Waals surface area (Å²) in [6.07, 6.45) is 20.8. The molecule has 0 amide bonds. The van der Waals surface area contributed by atoms with Gasteiger partial charge in [-0.1, -0.05) is 90.4 Å². The van der Waals surface area contributed by atoms with E-state index in [1.807, 2.05) is 25.7 Å². The minimum Gasteiger partial charge on any atom is -0.354 e. The molecule has 0 unspecified atom stereocenters. The van der Waals surface area contributed by atoms with Crippen LogP contribution in [0.5, 0.6) is 0 Å². The van der Waals surface area contributed by atoms with Crippen LogP contribution in [0.15, 0.2) is 39.8 Å². The fourth-order valence-electron chi connectivity index (χ4n) is 4.85. The van der Waals surface area contributed by atoms with Gasteiger partial charge in [0.1, 0.15) is 0 Å². The topological polar surface area (TPSA) is 69.6 Å². The van der Waals surface area contributed by atoms with Crippen LogP contribution in [0, 0.1) is 0 Å². The molecule has 2 N–H and O–H groups in total. The molecule has 1 aromatic carbocycles. The van der Waals surface area contributed by atoms with E-state index in [-0.39, 0.29) is 10.4 Å². The van der Waals surface area contributed by atoms with Crippen LogP contribution in [0.2, 0.25) is 0 Å². The Kier molecular flexibility index (Phi) is 14.0. The number of allylic oxidation sites excluding steroid dienone is 1. The maximum Gasteiger partial charge on any atom is 0.294 e. The largest absolute Gasteiger partial charge is 0.354 e. The molecule has 0 aliphatic carbocycles. The molecular weight excluding hydrogens is 521 g/mol. The fourth-order valence-corrected chi connectivity index (χ4v) is 6.88. The minimum absolute atomic E-state index is 0.122. The average molecular weight is 569 g/mol. The molecule has 0 saturated carbocycles. The molecule has 1 aliphatic rings. The van der Waals surface area contributed by atoms with Gasteiger partial charge in [-0.15, -0.1) is 11.8 Å². The predicted molar refractivity (Wildman–Crippen MR) is 163 cm³/mol. The SMILES string of the molecule is CCCCCCCCCCCCCCCCSc1ccc(S(=O)(=O)O)cc1N1C(=S)NC(C)(C)C=C1C. The van der Waals surface area contributed by atoms with Crippen LogP contribution < -0.4 is 10.2 Å². The Morgan fingerprint density at radius 2 is 1.43 bits per heavy atom.